The number of carbonyl (C=O) groups excluding carboxylic acids is 1. The van der Waals surface area contributed by atoms with Gasteiger partial charge in [-0.25, -0.2) is 4.79 Å². The first kappa shape index (κ1) is 16.9. The average molecular weight is 316 g/mol. The minimum absolute atomic E-state index is 0.0933. The van der Waals surface area contributed by atoms with Crippen molar-refractivity contribution >= 4 is 6.03 Å². The average Bonchev–Trinajstić information content (AvgIpc) is 3.00. The minimum Gasteiger partial charge on any atom is -0.491 e. The van der Waals surface area contributed by atoms with Crippen LogP contribution in [-0.2, 0) is 13.0 Å². The molecular weight excluding hydrogens is 292 g/mol. The van der Waals surface area contributed by atoms with Gasteiger partial charge in [0.2, 0.25) is 0 Å². The third-order valence-corrected chi connectivity index (χ3v) is 3.38. The molecule has 0 aliphatic carbocycles. The molecule has 0 fully saturated rings. The molecular formula is C17H24N4O2. The van der Waals surface area contributed by atoms with Gasteiger partial charge in [-0.15, -0.1) is 0 Å². The Morgan fingerprint density at radius 2 is 2.09 bits per heavy atom. The molecule has 0 spiro atoms. The van der Waals surface area contributed by atoms with E-state index in [1.807, 2.05) is 51.1 Å². The van der Waals surface area contributed by atoms with Gasteiger partial charge in [0, 0.05) is 0 Å². The van der Waals surface area contributed by atoms with E-state index in [1.54, 1.807) is 0 Å². The SMILES string of the molecule is CCc1cc(CNC(=O)NC(C)COc2ccc(C)cc2)[nH]n1. The lowest BCUT2D eigenvalue weighted by Crippen LogP contribution is -2.43. The standard InChI is InChI=1S/C17H24N4O2/c1-4-14-9-15(21-20-14)10-18-17(22)19-13(3)11-23-16-7-5-12(2)6-8-16/h5-9,13H,4,10-11H2,1-3H3,(H,20,21)(H2,18,19,22). The highest BCUT2D eigenvalue weighted by Gasteiger charge is 2.08. The number of hydrogen-bond donors (Lipinski definition) is 3. The molecule has 1 unspecified atom stereocenters. The summed E-state index contributed by atoms with van der Waals surface area (Å²) in [6.07, 6.45) is 0.871. The lowest BCUT2D eigenvalue weighted by Gasteiger charge is -2.15. The van der Waals surface area contributed by atoms with Gasteiger partial charge in [0.15, 0.2) is 0 Å². The number of H-pyrrole nitrogens is 1. The molecule has 0 aliphatic rings. The van der Waals surface area contributed by atoms with Gasteiger partial charge < -0.3 is 15.4 Å². The van der Waals surface area contributed by atoms with E-state index in [1.165, 1.54) is 5.56 Å². The fourth-order valence-electron chi connectivity index (χ4n) is 2.03. The number of hydrogen-bond acceptors (Lipinski definition) is 3. The van der Waals surface area contributed by atoms with Crippen molar-refractivity contribution in [2.45, 2.75) is 39.8 Å². The Labute approximate surface area is 136 Å². The van der Waals surface area contributed by atoms with Gasteiger partial charge in [-0.05, 0) is 38.5 Å². The smallest absolute Gasteiger partial charge is 0.315 e. The van der Waals surface area contributed by atoms with Crippen LogP contribution in [0.5, 0.6) is 5.75 Å². The van der Waals surface area contributed by atoms with Crippen LogP contribution >= 0.6 is 0 Å². The van der Waals surface area contributed by atoms with Gasteiger partial charge in [-0.2, -0.15) is 5.10 Å². The quantitative estimate of drug-likeness (QED) is 0.734. The minimum atomic E-state index is -0.224. The molecule has 6 heteroatoms. The van der Waals surface area contributed by atoms with E-state index in [2.05, 4.69) is 20.8 Å². The van der Waals surface area contributed by atoms with Crippen molar-refractivity contribution in [1.29, 1.82) is 0 Å². The Bertz CT molecular complexity index is 622. The largest absolute Gasteiger partial charge is 0.491 e. The predicted octanol–water partition coefficient (Wildman–Crippen LogP) is 2.55. The van der Waals surface area contributed by atoms with E-state index in [0.717, 1.165) is 23.6 Å². The van der Waals surface area contributed by atoms with Crippen molar-refractivity contribution < 1.29 is 9.53 Å². The van der Waals surface area contributed by atoms with E-state index in [4.69, 9.17) is 4.74 Å². The maximum Gasteiger partial charge on any atom is 0.315 e. The van der Waals surface area contributed by atoms with Crippen LogP contribution in [0.4, 0.5) is 4.79 Å². The lowest BCUT2D eigenvalue weighted by atomic mass is 10.2. The molecule has 2 aromatic rings. The number of aromatic nitrogens is 2. The van der Waals surface area contributed by atoms with E-state index >= 15 is 0 Å². The van der Waals surface area contributed by atoms with Crippen molar-refractivity contribution in [2.24, 2.45) is 0 Å². The Hall–Kier alpha value is -2.50. The van der Waals surface area contributed by atoms with Crippen LogP contribution in [0.3, 0.4) is 0 Å². The van der Waals surface area contributed by atoms with Gasteiger partial charge in [0.1, 0.15) is 12.4 Å². The molecule has 6 nitrogen and oxygen atoms in total. The van der Waals surface area contributed by atoms with Gasteiger partial charge in [0.05, 0.1) is 24.0 Å². The third kappa shape index (κ3) is 5.65. The third-order valence-electron chi connectivity index (χ3n) is 3.38. The van der Waals surface area contributed by atoms with E-state index in [9.17, 15) is 4.79 Å². The summed E-state index contributed by atoms with van der Waals surface area (Å²) in [4.78, 5) is 11.8. The van der Waals surface area contributed by atoms with Crippen LogP contribution in [0, 0.1) is 6.92 Å². The molecule has 3 N–H and O–H groups in total. The second kappa shape index (κ2) is 8.22. The summed E-state index contributed by atoms with van der Waals surface area (Å²) in [6, 6.07) is 9.47. The molecule has 0 saturated heterocycles. The Morgan fingerprint density at radius 3 is 2.74 bits per heavy atom. The number of rotatable bonds is 7. The Balaban J connectivity index is 1.68. The van der Waals surface area contributed by atoms with Crippen LogP contribution in [0.2, 0.25) is 0 Å². The molecule has 0 saturated carbocycles. The molecule has 23 heavy (non-hydrogen) atoms. The summed E-state index contributed by atoms with van der Waals surface area (Å²) in [5.74, 6) is 0.800. The van der Waals surface area contributed by atoms with Gasteiger partial charge in [-0.1, -0.05) is 24.6 Å². The molecule has 2 rings (SSSR count). The van der Waals surface area contributed by atoms with Crippen molar-refractivity contribution in [2.75, 3.05) is 6.61 Å². The number of benzene rings is 1. The number of aromatic amines is 1. The van der Waals surface area contributed by atoms with Crippen molar-refractivity contribution in [3.63, 3.8) is 0 Å². The number of amides is 2. The van der Waals surface area contributed by atoms with E-state index in [-0.39, 0.29) is 12.1 Å². The summed E-state index contributed by atoms with van der Waals surface area (Å²) < 4.78 is 5.65. The normalized spacial score (nSPS) is 11.8. The maximum absolute atomic E-state index is 11.8. The van der Waals surface area contributed by atoms with Gasteiger partial charge in [-0.3, -0.25) is 5.10 Å². The first-order valence-corrected chi connectivity index (χ1v) is 7.83. The highest BCUT2D eigenvalue weighted by molar-refractivity contribution is 5.74. The second-order valence-electron chi connectivity index (χ2n) is 5.59. The molecule has 1 heterocycles. The van der Waals surface area contributed by atoms with Crippen LogP contribution in [0.25, 0.3) is 0 Å². The Morgan fingerprint density at radius 1 is 1.35 bits per heavy atom. The molecule has 1 atom stereocenters. The van der Waals surface area contributed by atoms with Crippen LogP contribution in [0.15, 0.2) is 30.3 Å². The molecule has 1 aromatic carbocycles. The zero-order chi connectivity index (χ0) is 16.7. The van der Waals surface area contributed by atoms with Gasteiger partial charge in [0.25, 0.3) is 0 Å². The molecule has 1 aromatic heterocycles. The number of nitrogens with zero attached hydrogens (tertiary/aromatic N) is 1. The van der Waals surface area contributed by atoms with Crippen LogP contribution in [0.1, 0.15) is 30.8 Å². The predicted molar refractivity (Wildman–Crippen MR) is 89.5 cm³/mol. The zero-order valence-corrected chi connectivity index (χ0v) is 13.8. The molecule has 0 bridgehead atoms. The first-order chi connectivity index (χ1) is 11.1. The van der Waals surface area contributed by atoms with Crippen molar-refractivity contribution in [3.05, 3.63) is 47.3 Å². The zero-order valence-electron chi connectivity index (χ0n) is 13.8. The number of nitrogens with one attached hydrogen (secondary N) is 3. The van der Waals surface area contributed by atoms with Crippen LogP contribution in [-0.4, -0.2) is 28.9 Å². The maximum atomic E-state index is 11.8. The lowest BCUT2D eigenvalue weighted by molar-refractivity contribution is 0.226. The van der Waals surface area contributed by atoms with E-state index in [0.29, 0.717) is 13.2 Å². The number of carbonyl (C=O) groups is 1. The summed E-state index contributed by atoms with van der Waals surface area (Å²) in [7, 11) is 0. The summed E-state index contributed by atoms with van der Waals surface area (Å²) in [6.45, 7) is 6.81. The molecule has 2 amide bonds. The number of urea groups is 1. The van der Waals surface area contributed by atoms with Gasteiger partial charge >= 0.3 is 6.03 Å². The van der Waals surface area contributed by atoms with E-state index < -0.39 is 0 Å². The van der Waals surface area contributed by atoms with Crippen LogP contribution < -0.4 is 15.4 Å². The molecule has 0 radical (unpaired) electrons. The Kier molecular flexibility index (Phi) is 6.02. The summed E-state index contributed by atoms with van der Waals surface area (Å²) in [5.41, 5.74) is 3.07. The first-order valence-electron chi connectivity index (χ1n) is 7.83. The number of ether oxygens (including phenoxy) is 1. The summed E-state index contributed by atoms with van der Waals surface area (Å²) in [5, 5.41) is 12.7. The second-order valence-corrected chi connectivity index (χ2v) is 5.59. The topological polar surface area (TPSA) is 79.0 Å². The fourth-order valence-corrected chi connectivity index (χ4v) is 2.03. The molecule has 0 aliphatic heterocycles. The highest BCUT2D eigenvalue weighted by atomic mass is 16.5. The summed E-state index contributed by atoms with van der Waals surface area (Å²) >= 11 is 0. The number of aryl methyl sites for hydroxylation is 2. The molecule has 124 valence electrons. The monoisotopic (exact) mass is 316 g/mol. The van der Waals surface area contributed by atoms with Crippen molar-refractivity contribution in [1.82, 2.24) is 20.8 Å². The van der Waals surface area contributed by atoms with Crippen molar-refractivity contribution in [3.8, 4) is 5.75 Å². The highest BCUT2D eigenvalue weighted by Crippen LogP contribution is 2.11. The fraction of sp³-hybridized carbons (Fsp3) is 0.412.